The fraction of sp³-hybridized carbons (Fsp3) is 0.833. The van der Waals surface area contributed by atoms with E-state index in [-0.39, 0.29) is 37.0 Å². The standard InChI is InChI=1S/C18H31N3O4/c1-2-21(12-18(24)25)15-9-14(10-15)20-17(23)11-19-16(22)8-13-6-4-3-5-7-13/h13-15H,2-12H2,1H3,(H,19,22)(H,20,23)(H,24,25). The molecule has 0 aliphatic heterocycles. The van der Waals surface area contributed by atoms with E-state index in [1.807, 2.05) is 11.8 Å². The number of carbonyl (C=O) groups is 3. The first-order valence-corrected chi connectivity index (χ1v) is 9.49. The number of rotatable bonds is 9. The Bertz CT molecular complexity index is 471. The minimum absolute atomic E-state index is 0.0271. The Hall–Kier alpha value is -1.63. The largest absolute Gasteiger partial charge is 0.480 e. The Morgan fingerprint density at radius 3 is 2.36 bits per heavy atom. The normalized spacial score (nSPS) is 23.8. The summed E-state index contributed by atoms with van der Waals surface area (Å²) in [5.74, 6) is -0.553. The predicted octanol–water partition coefficient (Wildman–Crippen LogP) is 1.13. The van der Waals surface area contributed by atoms with Crippen LogP contribution in [0.5, 0.6) is 0 Å². The van der Waals surface area contributed by atoms with Gasteiger partial charge in [0.15, 0.2) is 0 Å². The number of carboxylic acids is 1. The van der Waals surface area contributed by atoms with Gasteiger partial charge in [-0.25, -0.2) is 0 Å². The highest BCUT2D eigenvalue weighted by Crippen LogP contribution is 2.26. The minimum atomic E-state index is -0.824. The number of aliphatic carboxylic acids is 1. The Balaban J connectivity index is 1.58. The maximum Gasteiger partial charge on any atom is 0.317 e. The Morgan fingerprint density at radius 2 is 1.76 bits per heavy atom. The topological polar surface area (TPSA) is 98.7 Å². The van der Waals surface area contributed by atoms with Crippen molar-refractivity contribution >= 4 is 17.8 Å². The quantitative estimate of drug-likeness (QED) is 0.577. The van der Waals surface area contributed by atoms with E-state index in [9.17, 15) is 14.4 Å². The van der Waals surface area contributed by atoms with Crippen molar-refractivity contribution in [3.05, 3.63) is 0 Å². The molecule has 7 nitrogen and oxygen atoms in total. The first-order valence-electron chi connectivity index (χ1n) is 9.49. The second-order valence-corrected chi connectivity index (χ2v) is 7.33. The van der Waals surface area contributed by atoms with Crippen molar-refractivity contribution < 1.29 is 19.5 Å². The minimum Gasteiger partial charge on any atom is -0.480 e. The van der Waals surface area contributed by atoms with E-state index >= 15 is 0 Å². The van der Waals surface area contributed by atoms with E-state index < -0.39 is 5.97 Å². The monoisotopic (exact) mass is 353 g/mol. The van der Waals surface area contributed by atoms with Crippen LogP contribution in [0.4, 0.5) is 0 Å². The molecule has 0 atom stereocenters. The van der Waals surface area contributed by atoms with Gasteiger partial charge in [-0.15, -0.1) is 0 Å². The first kappa shape index (κ1) is 19.7. The highest BCUT2D eigenvalue weighted by Gasteiger charge is 2.34. The maximum absolute atomic E-state index is 11.9. The van der Waals surface area contributed by atoms with Crippen LogP contribution >= 0.6 is 0 Å². The van der Waals surface area contributed by atoms with Crippen molar-refractivity contribution in [3.63, 3.8) is 0 Å². The van der Waals surface area contributed by atoms with Gasteiger partial charge in [0.1, 0.15) is 0 Å². The molecule has 0 aromatic heterocycles. The van der Waals surface area contributed by atoms with Gasteiger partial charge in [0.05, 0.1) is 13.1 Å². The van der Waals surface area contributed by atoms with Gasteiger partial charge in [-0.3, -0.25) is 19.3 Å². The smallest absolute Gasteiger partial charge is 0.317 e. The van der Waals surface area contributed by atoms with Gasteiger partial charge in [0, 0.05) is 18.5 Å². The van der Waals surface area contributed by atoms with Gasteiger partial charge in [0.25, 0.3) is 0 Å². The van der Waals surface area contributed by atoms with Gasteiger partial charge in [-0.2, -0.15) is 0 Å². The lowest BCUT2D eigenvalue weighted by Gasteiger charge is -2.42. The third-order valence-electron chi connectivity index (χ3n) is 5.38. The Morgan fingerprint density at radius 1 is 1.08 bits per heavy atom. The van der Waals surface area contributed by atoms with Crippen LogP contribution in [0.15, 0.2) is 0 Å². The highest BCUT2D eigenvalue weighted by atomic mass is 16.4. The zero-order valence-corrected chi connectivity index (χ0v) is 15.1. The fourth-order valence-corrected chi connectivity index (χ4v) is 3.86. The van der Waals surface area contributed by atoms with E-state index in [0.29, 0.717) is 18.9 Å². The number of carbonyl (C=O) groups excluding carboxylic acids is 2. The molecule has 0 unspecified atom stereocenters. The molecule has 2 rings (SSSR count). The van der Waals surface area contributed by atoms with Gasteiger partial charge in [0.2, 0.25) is 11.8 Å². The molecule has 0 heterocycles. The molecule has 2 aliphatic rings. The first-order chi connectivity index (χ1) is 12.0. The lowest BCUT2D eigenvalue weighted by atomic mass is 9.85. The summed E-state index contributed by atoms with van der Waals surface area (Å²) in [6.45, 7) is 2.70. The molecular formula is C18H31N3O4. The van der Waals surface area contributed by atoms with Crippen molar-refractivity contribution in [3.8, 4) is 0 Å². The number of hydrogen-bond donors (Lipinski definition) is 3. The molecule has 7 heteroatoms. The van der Waals surface area contributed by atoms with Crippen LogP contribution < -0.4 is 10.6 Å². The van der Waals surface area contributed by atoms with E-state index in [0.717, 1.165) is 25.7 Å². The van der Waals surface area contributed by atoms with Gasteiger partial charge < -0.3 is 15.7 Å². The molecule has 2 fully saturated rings. The third kappa shape index (κ3) is 6.65. The van der Waals surface area contributed by atoms with Crippen LogP contribution in [0.2, 0.25) is 0 Å². The van der Waals surface area contributed by atoms with E-state index in [4.69, 9.17) is 5.11 Å². The summed E-state index contributed by atoms with van der Waals surface area (Å²) in [6, 6.07) is 0.294. The van der Waals surface area contributed by atoms with Crippen LogP contribution in [0.25, 0.3) is 0 Å². The molecule has 2 aliphatic carbocycles. The molecule has 2 saturated carbocycles. The summed E-state index contributed by atoms with van der Waals surface area (Å²) in [5.41, 5.74) is 0. The molecule has 0 aromatic carbocycles. The molecule has 25 heavy (non-hydrogen) atoms. The van der Waals surface area contributed by atoms with Gasteiger partial charge in [-0.05, 0) is 38.1 Å². The average Bonchev–Trinajstić information content (AvgIpc) is 2.55. The molecule has 142 valence electrons. The lowest BCUT2D eigenvalue weighted by Crippen LogP contribution is -2.55. The van der Waals surface area contributed by atoms with Crippen LogP contribution in [0, 0.1) is 5.92 Å². The number of carboxylic acid groups (broad SMARTS) is 1. The average molecular weight is 353 g/mol. The molecule has 0 saturated heterocycles. The molecule has 2 amide bonds. The van der Waals surface area contributed by atoms with Crippen LogP contribution in [-0.2, 0) is 14.4 Å². The van der Waals surface area contributed by atoms with E-state index in [1.54, 1.807) is 0 Å². The summed E-state index contributed by atoms with van der Waals surface area (Å²) >= 11 is 0. The number of hydrogen-bond acceptors (Lipinski definition) is 4. The molecule has 0 spiro atoms. The highest BCUT2D eigenvalue weighted by molar-refractivity contribution is 5.84. The van der Waals surface area contributed by atoms with Crippen LogP contribution in [0.3, 0.4) is 0 Å². The number of nitrogens with zero attached hydrogens (tertiary/aromatic N) is 1. The van der Waals surface area contributed by atoms with Crippen molar-refractivity contribution in [1.82, 2.24) is 15.5 Å². The Kier molecular flexibility index (Phi) is 7.68. The summed E-state index contributed by atoms with van der Waals surface area (Å²) in [7, 11) is 0. The van der Waals surface area contributed by atoms with Crippen LogP contribution in [-0.4, -0.2) is 59.5 Å². The summed E-state index contributed by atoms with van der Waals surface area (Å²) in [6.07, 6.45) is 7.98. The second kappa shape index (κ2) is 9.75. The SMILES string of the molecule is CCN(CC(=O)O)C1CC(NC(=O)CNC(=O)CC2CCCCC2)C1. The zero-order valence-electron chi connectivity index (χ0n) is 15.1. The van der Waals surface area contributed by atoms with Gasteiger partial charge in [-0.1, -0.05) is 26.2 Å². The van der Waals surface area contributed by atoms with Crippen molar-refractivity contribution in [2.45, 2.75) is 70.4 Å². The molecule has 3 N–H and O–H groups in total. The summed E-state index contributed by atoms with van der Waals surface area (Å²) < 4.78 is 0. The van der Waals surface area contributed by atoms with E-state index in [2.05, 4.69) is 10.6 Å². The lowest BCUT2D eigenvalue weighted by molar-refractivity contribution is -0.139. The molecule has 0 bridgehead atoms. The number of nitrogens with one attached hydrogen (secondary N) is 2. The molecule has 0 radical (unpaired) electrons. The number of likely N-dealkylation sites (N-methyl/N-ethyl adjacent to an activating group) is 1. The third-order valence-corrected chi connectivity index (χ3v) is 5.38. The zero-order chi connectivity index (χ0) is 18.2. The second-order valence-electron chi connectivity index (χ2n) is 7.33. The fourth-order valence-electron chi connectivity index (χ4n) is 3.86. The predicted molar refractivity (Wildman–Crippen MR) is 94.0 cm³/mol. The van der Waals surface area contributed by atoms with Crippen LogP contribution in [0.1, 0.15) is 58.3 Å². The molecule has 0 aromatic rings. The van der Waals surface area contributed by atoms with Crippen molar-refractivity contribution in [2.75, 3.05) is 19.6 Å². The Labute approximate surface area is 149 Å². The summed E-state index contributed by atoms with van der Waals surface area (Å²) in [4.78, 5) is 36.6. The maximum atomic E-state index is 11.9. The van der Waals surface area contributed by atoms with Gasteiger partial charge >= 0.3 is 5.97 Å². The summed E-state index contributed by atoms with van der Waals surface area (Å²) in [5, 5.41) is 14.5. The van der Waals surface area contributed by atoms with Crippen molar-refractivity contribution in [1.29, 1.82) is 0 Å². The van der Waals surface area contributed by atoms with Crippen molar-refractivity contribution in [2.24, 2.45) is 5.92 Å². The molecular weight excluding hydrogens is 322 g/mol. The van der Waals surface area contributed by atoms with E-state index in [1.165, 1.54) is 19.3 Å². The number of amides is 2.